The number of carbonyl (C=O) groups excluding carboxylic acids is 1. The number of amides is 1. The number of para-hydroxylation sites is 2. The molecular weight excluding hydrogens is 552 g/mol. The Hall–Kier alpha value is -2.98. The lowest BCUT2D eigenvalue weighted by Gasteiger charge is -2.25. The third-order valence-electron chi connectivity index (χ3n) is 7.15. The number of hydrogen-bond donors (Lipinski definition) is 0. The molecule has 2 heterocycles. The Labute approximate surface area is 240 Å². The Morgan fingerprint density at radius 3 is 2.38 bits per heavy atom. The molecule has 0 saturated heterocycles. The lowest BCUT2D eigenvalue weighted by Crippen LogP contribution is -2.39. The summed E-state index contributed by atoms with van der Waals surface area (Å²) in [6, 6.07) is 19.9. The second-order valence-electron chi connectivity index (χ2n) is 9.38. The minimum absolute atomic E-state index is 0. The number of sulfonamides is 1. The molecule has 0 atom stereocenters. The van der Waals surface area contributed by atoms with Gasteiger partial charge in [0.05, 0.1) is 20.8 Å². The van der Waals surface area contributed by atoms with Gasteiger partial charge in [-0.25, -0.2) is 13.4 Å². The van der Waals surface area contributed by atoms with Crippen molar-refractivity contribution < 1.29 is 13.2 Å². The van der Waals surface area contributed by atoms with E-state index in [0.29, 0.717) is 36.8 Å². The van der Waals surface area contributed by atoms with E-state index in [9.17, 15) is 13.2 Å². The Balaban J connectivity index is 0.00000353. The number of nitrogens with zero attached hydrogens (tertiary/aromatic N) is 4. The smallest absolute Gasteiger partial charge is 0.264 e. The lowest BCUT2D eigenvalue weighted by molar-refractivity contribution is 0.0983. The molecule has 0 unspecified atom stereocenters. The molecule has 3 aromatic carbocycles. The van der Waals surface area contributed by atoms with E-state index in [1.165, 1.54) is 27.8 Å². The van der Waals surface area contributed by atoms with E-state index in [4.69, 9.17) is 4.98 Å². The summed E-state index contributed by atoms with van der Waals surface area (Å²) in [5, 5.41) is 0.650. The average molecular weight is 585 g/mol. The number of fused-ring (bicyclic) bond motifs is 2. The van der Waals surface area contributed by atoms with Crippen LogP contribution in [0.2, 0.25) is 0 Å². The molecular formula is C29H33ClN4O3S2. The average Bonchev–Trinajstić information content (AvgIpc) is 3.57. The number of aryl methyl sites for hydroxylation is 1. The summed E-state index contributed by atoms with van der Waals surface area (Å²) in [6.45, 7) is 9.64. The van der Waals surface area contributed by atoms with Crippen LogP contribution in [-0.2, 0) is 16.4 Å². The monoisotopic (exact) mass is 584 g/mol. The molecule has 0 radical (unpaired) electrons. The summed E-state index contributed by atoms with van der Waals surface area (Å²) in [6.07, 6.45) is 0.690. The van der Waals surface area contributed by atoms with Crippen LogP contribution in [0.4, 0.5) is 10.8 Å². The standard InChI is InChI=1S/C29H32N4O3S2.ClH/c1-4-31(5-2)19-20-32(29-30-27-21(3)9-8-12-26(27)37-29)28(34)23-13-15-24(16-14-23)38(35,36)33-18-17-22-10-6-7-11-25(22)33;/h6-16H,4-5,17-20H2,1-3H3;1H. The zero-order valence-corrected chi connectivity index (χ0v) is 24.8. The van der Waals surface area contributed by atoms with Gasteiger partial charge in [0.15, 0.2) is 5.13 Å². The van der Waals surface area contributed by atoms with Gasteiger partial charge < -0.3 is 4.90 Å². The molecule has 0 spiro atoms. The van der Waals surface area contributed by atoms with Crippen molar-refractivity contribution in [3.05, 3.63) is 83.4 Å². The number of anilines is 2. The van der Waals surface area contributed by atoms with Crippen molar-refractivity contribution in [2.45, 2.75) is 32.1 Å². The van der Waals surface area contributed by atoms with Gasteiger partial charge in [0.1, 0.15) is 0 Å². The summed E-state index contributed by atoms with van der Waals surface area (Å²) in [5.74, 6) is -0.190. The number of aromatic nitrogens is 1. The molecule has 7 nitrogen and oxygen atoms in total. The summed E-state index contributed by atoms with van der Waals surface area (Å²) in [4.78, 5) is 22.8. The Morgan fingerprint density at radius 1 is 0.974 bits per heavy atom. The van der Waals surface area contributed by atoms with Gasteiger partial charge in [0.25, 0.3) is 15.9 Å². The third-order valence-corrected chi connectivity index (χ3v) is 10.0. The molecule has 0 bridgehead atoms. The van der Waals surface area contributed by atoms with Gasteiger partial charge in [-0.05, 0) is 74.0 Å². The van der Waals surface area contributed by atoms with Gasteiger partial charge in [0.2, 0.25) is 0 Å². The summed E-state index contributed by atoms with van der Waals surface area (Å²) >= 11 is 1.50. The Kier molecular flexibility index (Phi) is 8.96. The van der Waals surface area contributed by atoms with Crippen LogP contribution in [0.1, 0.15) is 35.3 Å². The first-order valence-electron chi connectivity index (χ1n) is 12.9. The third kappa shape index (κ3) is 5.68. The second-order valence-corrected chi connectivity index (χ2v) is 12.3. The maximum absolute atomic E-state index is 13.8. The quantitative estimate of drug-likeness (QED) is 0.250. The largest absolute Gasteiger partial charge is 0.302 e. The molecule has 206 valence electrons. The van der Waals surface area contributed by atoms with E-state index in [2.05, 4.69) is 18.7 Å². The number of rotatable bonds is 9. The van der Waals surface area contributed by atoms with Crippen LogP contribution in [-0.4, -0.2) is 56.9 Å². The molecule has 0 saturated carbocycles. The van der Waals surface area contributed by atoms with Gasteiger partial charge in [-0.2, -0.15) is 0 Å². The van der Waals surface area contributed by atoms with Crippen molar-refractivity contribution in [1.82, 2.24) is 9.88 Å². The van der Waals surface area contributed by atoms with E-state index in [1.54, 1.807) is 17.0 Å². The van der Waals surface area contributed by atoms with Crippen molar-refractivity contribution in [3.8, 4) is 0 Å². The zero-order chi connectivity index (χ0) is 26.9. The Morgan fingerprint density at radius 2 is 1.69 bits per heavy atom. The van der Waals surface area contributed by atoms with Gasteiger partial charge >= 0.3 is 0 Å². The predicted octanol–water partition coefficient (Wildman–Crippen LogP) is 5.77. The fourth-order valence-corrected chi connectivity index (χ4v) is 7.44. The summed E-state index contributed by atoms with van der Waals surface area (Å²) < 4.78 is 29.3. The normalized spacial score (nSPS) is 13.0. The van der Waals surface area contributed by atoms with Gasteiger partial charge in [0, 0.05) is 25.2 Å². The molecule has 1 aromatic heterocycles. The Bertz CT molecular complexity index is 1570. The van der Waals surface area contributed by atoms with E-state index >= 15 is 0 Å². The fourth-order valence-electron chi connectivity index (χ4n) is 4.87. The van der Waals surface area contributed by atoms with E-state index in [1.807, 2.05) is 49.4 Å². The van der Waals surface area contributed by atoms with E-state index < -0.39 is 10.0 Å². The van der Waals surface area contributed by atoms with E-state index in [-0.39, 0.29) is 23.2 Å². The molecule has 10 heteroatoms. The van der Waals surface area contributed by atoms with Crippen LogP contribution in [0.15, 0.2) is 71.6 Å². The van der Waals surface area contributed by atoms with Crippen molar-refractivity contribution in [2.24, 2.45) is 0 Å². The lowest BCUT2D eigenvalue weighted by atomic mass is 10.2. The van der Waals surface area contributed by atoms with Crippen molar-refractivity contribution in [1.29, 1.82) is 0 Å². The van der Waals surface area contributed by atoms with Crippen LogP contribution in [0, 0.1) is 6.92 Å². The molecule has 39 heavy (non-hydrogen) atoms. The van der Waals surface area contributed by atoms with Crippen molar-refractivity contribution >= 4 is 60.7 Å². The zero-order valence-electron chi connectivity index (χ0n) is 22.3. The molecule has 0 aliphatic carbocycles. The maximum atomic E-state index is 13.8. The highest BCUT2D eigenvalue weighted by Gasteiger charge is 2.31. The highest BCUT2D eigenvalue weighted by molar-refractivity contribution is 7.92. The second kappa shape index (κ2) is 12.0. The van der Waals surface area contributed by atoms with Crippen LogP contribution in [0.3, 0.4) is 0 Å². The van der Waals surface area contributed by atoms with Gasteiger partial charge in [-0.1, -0.05) is 55.5 Å². The first-order chi connectivity index (χ1) is 18.3. The predicted molar refractivity (Wildman–Crippen MR) is 162 cm³/mol. The topological polar surface area (TPSA) is 73.8 Å². The number of benzene rings is 3. The number of halogens is 1. The molecule has 0 fully saturated rings. The minimum atomic E-state index is -3.73. The highest BCUT2D eigenvalue weighted by atomic mass is 35.5. The molecule has 0 N–H and O–H groups in total. The molecule has 1 aliphatic heterocycles. The van der Waals surface area contributed by atoms with Crippen molar-refractivity contribution in [3.63, 3.8) is 0 Å². The first-order valence-corrected chi connectivity index (χ1v) is 15.2. The number of thiazole rings is 1. The van der Waals surface area contributed by atoms with Crippen LogP contribution >= 0.6 is 23.7 Å². The fraction of sp³-hybridized carbons (Fsp3) is 0.310. The maximum Gasteiger partial charge on any atom is 0.264 e. The number of hydrogen-bond acceptors (Lipinski definition) is 6. The van der Waals surface area contributed by atoms with Crippen LogP contribution in [0.25, 0.3) is 10.2 Å². The SMILES string of the molecule is CCN(CC)CCN(C(=O)c1ccc(S(=O)(=O)N2CCc3ccccc32)cc1)c1nc2c(C)cccc2s1.Cl. The van der Waals surface area contributed by atoms with Crippen molar-refractivity contribution in [2.75, 3.05) is 41.9 Å². The molecule has 1 amide bonds. The molecule has 4 aromatic rings. The van der Waals surface area contributed by atoms with Gasteiger partial charge in [-0.15, -0.1) is 12.4 Å². The number of likely N-dealkylation sites (N-methyl/N-ethyl adjacent to an activating group) is 1. The summed E-state index contributed by atoms with van der Waals surface area (Å²) in [5.41, 5.74) is 4.15. The van der Waals surface area contributed by atoms with Gasteiger partial charge in [-0.3, -0.25) is 14.0 Å². The van der Waals surface area contributed by atoms with Crippen LogP contribution in [0.5, 0.6) is 0 Å². The highest BCUT2D eigenvalue weighted by Crippen LogP contribution is 2.34. The summed E-state index contributed by atoms with van der Waals surface area (Å²) in [7, 11) is -3.73. The van der Waals surface area contributed by atoms with E-state index in [0.717, 1.165) is 40.1 Å². The first kappa shape index (κ1) is 29.0. The molecule has 5 rings (SSSR count). The van der Waals surface area contributed by atoms with Crippen LogP contribution < -0.4 is 9.21 Å². The number of carbonyl (C=O) groups is 1. The minimum Gasteiger partial charge on any atom is -0.302 e. The molecule has 1 aliphatic rings.